The number of aromatic amines is 1. The Hall–Kier alpha value is -2.54. The van der Waals surface area contributed by atoms with Crippen LogP contribution in [0, 0.1) is 11.3 Å². The summed E-state index contributed by atoms with van der Waals surface area (Å²) in [5, 5.41) is 30.2. The van der Waals surface area contributed by atoms with E-state index in [1.807, 2.05) is 12.1 Å². The van der Waals surface area contributed by atoms with E-state index in [2.05, 4.69) is 58.3 Å². The molecule has 6 heteroatoms. The molecule has 2 aromatic heterocycles. The zero-order chi connectivity index (χ0) is 23.9. The molecule has 2 bridgehead atoms. The molecular weight excluding hydrogens is 424 g/mol. The lowest BCUT2D eigenvalue weighted by Gasteiger charge is -2.62. The van der Waals surface area contributed by atoms with Crippen LogP contribution >= 0.6 is 0 Å². The third kappa shape index (κ3) is 3.05. The molecule has 3 saturated carbocycles. The van der Waals surface area contributed by atoms with Crippen molar-refractivity contribution in [1.29, 1.82) is 0 Å². The summed E-state index contributed by atoms with van der Waals surface area (Å²) in [6.45, 7) is 7.21. The fraction of sp³-hybridized carbons (Fsp3) is 0.500. The molecule has 0 amide bonds. The van der Waals surface area contributed by atoms with Crippen LogP contribution in [0.5, 0.6) is 0 Å². The standard InChI is InChI=1S/C28H34N4O2/c1-25(2,33)24-10-23(30-31-24)19-9-22(15-29-14-19)28(34,26(3)16-32(4)17-26)21-7-5-20(6-8-21)27-11-18(12-27)13-27/h5-10,14-15,18,33-34H,11-13,16-17H2,1-4H3,(H,30,31)/t18?,27?,28-/m0/s1. The number of H-pyrrole nitrogens is 1. The Labute approximate surface area is 201 Å². The fourth-order valence-electron chi connectivity index (χ4n) is 6.70. The summed E-state index contributed by atoms with van der Waals surface area (Å²) in [6.07, 6.45) is 7.51. The van der Waals surface area contributed by atoms with Crippen LogP contribution in [0.3, 0.4) is 0 Å². The van der Waals surface area contributed by atoms with Crippen molar-refractivity contribution in [3.8, 4) is 11.3 Å². The van der Waals surface area contributed by atoms with Gasteiger partial charge in [0.05, 0.1) is 11.4 Å². The van der Waals surface area contributed by atoms with Crippen LogP contribution < -0.4 is 0 Å². The van der Waals surface area contributed by atoms with Crippen molar-refractivity contribution in [1.82, 2.24) is 20.1 Å². The van der Waals surface area contributed by atoms with Gasteiger partial charge < -0.3 is 15.1 Å². The minimum absolute atomic E-state index is 0.344. The van der Waals surface area contributed by atoms with Crippen molar-refractivity contribution < 1.29 is 10.2 Å². The van der Waals surface area contributed by atoms with Gasteiger partial charge in [0.15, 0.2) is 0 Å². The molecule has 1 aliphatic heterocycles. The molecule has 3 N–H and O–H groups in total. The van der Waals surface area contributed by atoms with Crippen LogP contribution in [-0.2, 0) is 16.6 Å². The molecule has 178 valence electrons. The molecule has 34 heavy (non-hydrogen) atoms. The minimum atomic E-state index is -1.18. The monoisotopic (exact) mass is 458 g/mol. The lowest BCUT2D eigenvalue weighted by Crippen LogP contribution is -2.63. The highest BCUT2D eigenvalue weighted by Gasteiger charge is 2.58. The normalized spacial score (nSPS) is 27.3. The first-order valence-corrected chi connectivity index (χ1v) is 12.3. The van der Waals surface area contributed by atoms with Gasteiger partial charge >= 0.3 is 0 Å². The van der Waals surface area contributed by atoms with Crippen molar-refractivity contribution in [3.05, 3.63) is 71.2 Å². The zero-order valence-electron chi connectivity index (χ0n) is 20.5. The number of benzene rings is 1. The molecule has 7 rings (SSSR count). The van der Waals surface area contributed by atoms with E-state index in [-0.39, 0.29) is 5.41 Å². The molecule has 1 atom stereocenters. The zero-order valence-corrected chi connectivity index (χ0v) is 20.5. The second-order valence-electron chi connectivity index (χ2n) is 12.0. The minimum Gasteiger partial charge on any atom is -0.384 e. The first-order chi connectivity index (χ1) is 16.0. The van der Waals surface area contributed by atoms with Gasteiger partial charge in [0.25, 0.3) is 0 Å². The second kappa shape index (κ2) is 7.00. The summed E-state index contributed by atoms with van der Waals surface area (Å²) in [4.78, 5) is 6.75. The summed E-state index contributed by atoms with van der Waals surface area (Å²) in [5.74, 6) is 0.939. The number of nitrogens with one attached hydrogen (secondary N) is 1. The van der Waals surface area contributed by atoms with Gasteiger partial charge in [-0.2, -0.15) is 5.10 Å². The first kappa shape index (κ1) is 22.0. The Kier molecular flexibility index (Phi) is 4.52. The van der Waals surface area contributed by atoms with E-state index in [0.29, 0.717) is 16.8 Å². The van der Waals surface area contributed by atoms with Crippen LogP contribution in [0.2, 0.25) is 0 Å². The number of nitrogens with zero attached hydrogens (tertiary/aromatic N) is 3. The summed E-state index contributed by atoms with van der Waals surface area (Å²) >= 11 is 0. The summed E-state index contributed by atoms with van der Waals surface area (Å²) in [7, 11) is 2.09. The summed E-state index contributed by atoms with van der Waals surface area (Å²) < 4.78 is 0. The van der Waals surface area contributed by atoms with E-state index in [9.17, 15) is 10.2 Å². The quantitative estimate of drug-likeness (QED) is 0.521. The van der Waals surface area contributed by atoms with Gasteiger partial charge in [0.2, 0.25) is 0 Å². The summed E-state index contributed by atoms with van der Waals surface area (Å²) in [6, 6.07) is 12.6. The highest BCUT2D eigenvalue weighted by molar-refractivity contribution is 5.60. The Morgan fingerprint density at radius 1 is 1.00 bits per heavy atom. The van der Waals surface area contributed by atoms with Crippen LogP contribution in [0.15, 0.2) is 48.8 Å². The molecule has 4 fully saturated rings. The van der Waals surface area contributed by atoms with Crippen molar-refractivity contribution in [2.75, 3.05) is 20.1 Å². The van der Waals surface area contributed by atoms with Crippen molar-refractivity contribution in [2.24, 2.45) is 11.3 Å². The molecular formula is C28H34N4O2. The summed E-state index contributed by atoms with van der Waals surface area (Å²) in [5.41, 5.74) is 3.11. The lowest BCUT2D eigenvalue weighted by atomic mass is 9.42. The number of rotatable bonds is 6. The Morgan fingerprint density at radius 2 is 1.68 bits per heavy atom. The van der Waals surface area contributed by atoms with Gasteiger partial charge in [-0.25, -0.2) is 0 Å². The molecule has 4 aliphatic rings. The predicted octanol–water partition coefficient (Wildman–Crippen LogP) is 3.94. The van der Waals surface area contributed by atoms with Gasteiger partial charge in [-0.3, -0.25) is 10.1 Å². The predicted molar refractivity (Wildman–Crippen MR) is 131 cm³/mol. The lowest BCUT2D eigenvalue weighted by molar-refractivity contribution is -0.127. The largest absolute Gasteiger partial charge is 0.384 e. The highest BCUT2D eigenvalue weighted by Crippen LogP contribution is 2.65. The number of pyridine rings is 1. The van der Waals surface area contributed by atoms with Crippen molar-refractivity contribution in [3.63, 3.8) is 0 Å². The average Bonchev–Trinajstić information content (AvgIpc) is 3.21. The van der Waals surface area contributed by atoms with Gasteiger partial charge in [0, 0.05) is 42.0 Å². The van der Waals surface area contributed by atoms with Crippen molar-refractivity contribution >= 4 is 0 Å². The molecule has 6 nitrogen and oxygen atoms in total. The Bertz CT molecular complexity index is 1220. The molecule has 3 heterocycles. The maximum atomic E-state index is 12.5. The first-order valence-electron chi connectivity index (χ1n) is 12.3. The van der Waals surface area contributed by atoms with Gasteiger partial charge in [-0.1, -0.05) is 31.2 Å². The molecule has 1 saturated heterocycles. The number of hydrogen-bond acceptors (Lipinski definition) is 5. The van der Waals surface area contributed by atoms with Crippen molar-refractivity contribution in [2.45, 2.75) is 56.7 Å². The topological polar surface area (TPSA) is 85.3 Å². The Morgan fingerprint density at radius 3 is 2.21 bits per heavy atom. The molecule has 1 aromatic carbocycles. The molecule has 0 unspecified atom stereocenters. The van der Waals surface area contributed by atoms with E-state index in [1.54, 1.807) is 26.2 Å². The van der Waals surface area contributed by atoms with Gasteiger partial charge in [-0.15, -0.1) is 0 Å². The third-order valence-electron chi connectivity index (χ3n) is 8.75. The SMILES string of the molecule is CN1CC(C)([C@](O)(c2ccc(C34CC(C3)C4)cc2)c2cncc(-c3cc(C(C)(C)O)[nH]n3)c2)C1. The van der Waals surface area contributed by atoms with Crippen LogP contribution in [0.4, 0.5) is 0 Å². The van der Waals surface area contributed by atoms with Crippen LogP contribution in [0.1, 0.15) is 62.4 Å². The number of aromatic nitrogens is 3. The van der Waals surface area contributed by atoms with Crippen LogP contribution in [-0.4, -0.2) is 50.4 Å². The smallest absolute Gasteiger partial charge is 0.124 e. The average molecular weight is 459 g/mol. The van der Waals surface area contributed by atoms with E-state index in [4.69, 9.17) is 0 Å². The van der Waals surface area contributed by atoms with E-state index in [1.165, 1.54) is 24.8 Å². The third-order valence-corrected chi connectivity index (χ3v) is 8.75. The number of hydrogen-bond donors (Lipinski definition) is 3. The van der Waals surface area contributed by atoms with E-state index >= 15 is 0 Å². The molecule has 0 radical (unpaired) electrons. The maximum absolute atomic E-state index is 12.5. The number of aliphatic hydroxyl groups is 2. The van der Waals surface area contributed by atoms with E-state index in [0.717, 1.165) is 35.7 Å². The number of likely N-dealkylation sites (tertiary alicyclic amines) is 1. The molecule has 3 aliphatic carbocycles. The van der Waals surface area contributed by atoms with Crippen LogP contribution in [0.25, 0.3) is 11.3 Å². The Balaban J connectivity index is 1.41. The molecule has 0 spiro atoms. The van der Waals surface area contributed by atoms with E-state index < -0.39 is 11.2 Å². The highest BCUT2D eigenvalue weighted by atomic mass is 16.3. The second-order valence-corrected chi connectivity index (χ2v) is 12.0. The van der Waals surface area contributed by atoms with Gasteiger partial charge in [0.1, 0.15) is 11.2 Å². The molecule has 3 aromatic rings. The van der Waals surface area contributed by atoms with Gasteiger partial charge in [-0.05, 0) is 74.8 Å². The maximum Gasteiger partial charge on any atom is 0.124 e. The fourth-order valence-corrected chi connectivity index (χ4v) is 6.70.